The third-order valence-electron chi connectivity index (χ3n) is 4.77. The molecule has 2 aromatic heterocycles. The lowest BCUT2D eigenvalue weighted by molar-refractivity contribution is 0.0131. The number of pyridine rings is 1. The fourth-order valence-electron chi connectivity index (χ4n) is 3.34. The Morgan fingerprint density at radius 1 is 1.21 bits per heavy atom. The highest BCUT2D eigenvalue weighted by Gasteiger charge is 2.37. The Morgan fingerprint density at radius 2 is 1.97 bits per heavy atom. The lowest BCUT2D eigenvalue weighted by Gasteiger charge is -2.40. The third-order valence-corrected chi connectivity index (χ3v) is 6.02. The molecular formula is C21H27ClN6O5S. The molecule has 1 atom stereocenters. The molecule has 11 nitrogen and oxygen atoms in total. The van der Waals surface area contributed by atoms with Crippen molar-refractivity contribution < 1.29 is 31.0 Å². The van der Waals surface area contributed by atoms with Crippen molar-refractivity contribution >= 4 is 33.6 Å². The number of rotatable bonds is 4. The molecular weight excluding hydrogens is 484 g/mol. The molecule has 1 saturated heterocycles. The molecule has 0 bridgehead atoms. The van der Waals surface area contributed by atoms with Gasteiger partial charge in [-0.05, 0) is 44.5 Å². The second-order valence-corrected chi connectivity index (χ2v) is 10.2. The molecule has 1 aliphatic heterocycles. The minimum atomic E-state index is -4.85. The summed E-state index contributed by atoms with van der Waals surface area (Å²) in [6, 6.07) is 2.66. The number of hydrogen-bond donors (Lipinski definition) is 1. The van der Waals surface area contributed by atoms with Gasteiger partial charge in [0.25, 0.3) is 5.91 Å². The quantitative estimate of drug-likeness (QED) is 0.610. The van der Waals surface area contributed by atoms with E-state index in [0.717, 1.165) is 16.7 Å². The number of amides is 2. The highest BCUT2D eigenvalue weighted by atomic mass is 35.5. The molecule has 2 amide bonds. The summed E-state index contributed by atoms with van der Waals surface area (Å²) in [6.07, 6.45) is -3.09. The minimum absolute atomic E-state index is 0.0412. The van der Waals surface area contributed by atoms with Crippen LogP contribution in [0.25, 0.3) is 11.4 Å². The van der Waals surface area contributed by atoms with Crippen molar-refractivity contribution in [3.63, 3.8) is 0 Å². The van der Waals surface area contributed by atoms with Crippen LogP contribution in [0.15, 0.2) is 24.5 Å². The maximum Gasteiger partial charge on any atom is 0.410 e. The number of hydrogen-bond acceptors (Lipinski definition) is 8. The van der Waals surface area contributed by atoms with Gasteiger partial charge in [0.1, 0.15) is 22.8 Å². The smallest absolute Gasteiger partial charge is 0.410 e. The molecule has 1 N–H and O–H groups in total. The fraction of sp³-hybridized carbons (Fsp3) is 0.476. The molecule has 0 radical (unpaired) electrons. The summed E-state index contributed by atoms with van der Waals surface area (Å²) in [5.41, 5.74) is -0.848. The normalized spacial score (nSPS) is 20.7. The van der Waals surface area contributed by atoms with Gasteiger partial charge in [0.2, 0.25) is 10.0 Å². The zero-order valence-electron chi connectivity index (χ0n) is 24.6. The standard InChI is InChI=1S/C21H27ClN6O5S/c1-21(2,3)33-20(30)27-6-7-28(34(5,31)32)17(11-27)13-8-15(26-18(22)9-13)14-10-16(19(29)23-4)25-12-24-14/h8-10,12,17H,6-7,11H2,1-5H3,(H,23,29)/t17-/m1/s1/i4D3,5D3. The van der Waals surface area contributed by atoms with E-state index in [9.17, 15) is 18.0 Å². The zero-order valence-corrected chi connectivity index (χ0v) is 20.1. The van der Waals surface area contributed by atoms with Gasteiger partial charge in [-0.25, -0.2) is 28.2 Å². The van der Waals surface area contributed by atoms with Crippen molar-refractivity contribution in [3.05, 3.63) is 40.9 Å². The number of aromatic nitrogens is 3. The highest BCUT2D eigenvalue weighted by molar-refractivity contribution is 7.88. The van der Waals surface area contributed by atoms with Crippen molar-refractivity contribution in [2.24, 2.45) is 0 Å². The van der Waals surface area contributed by atoms with Crippen LogP contribution >= 0.6 is 11.6 Å². The predicted molar refractivity (Wildman–Crippen MR) is 126 cm³/mol. The molecule has 0 saturated carbocycles. The molecule has 0 aliphatic carbocycles. The summed E-state index contributed by atoms with van der Waals surface area (Å²) in [5, 5.41) is 1.68. The average Bonchev–Trinajstić information content (AvgIpc) is 2.80. The molecule has 2 aromatic rings. The van der Waals surface area contributed by atoms with Gasteiger partial charge in [-0.1, -0.05) is 11.6 Å². The Kier molecular flexibility index (Phi) is 5.33. The van der Waals surface area contributed by atoms with E-state index in [1.807, 2.05) is 0 Å². The van der Waals surface area contributed by atoms with Crippen molar-refractivity contribution in [2.45, 2.75) is 32.4 Å². The number of ether oxygens (including phenoxy) is 1. The summed E-state index contributed by atoms with van der Waals surface area (Å²) >= 11 is 6.25. The first-order valence-electron chi connectivity index (χ1n) is 13.0. The summed E-state index contributed by atoms with van der Waals surface area (Å²) < 4.78 is 76.6. The van der Waals surface area contributed by atoms with Gasteiger partial charge in [0.15, 0.2) is 0 Å². The van der Waals surface area contributed by atoms with Crippen molar-refractivity contribution in [1.29, 1.82) is 0 Å². The van der Waals surface area contributed by atoms with Crippen LogP contribution in [-0.2, 0) is 14.8 Å². The average molecular weight is 517 g/mol. The second-order valence-electron chi connectivity index (χ2n) is 8.41. The fourth-order valence-corrected chi connectivity index (χ4v) is 4.41. The third kappa shape index (κ3) is 6.19. The van der Waals surface area contributed by atoms with Crippen LogP contribution in [0, 0.1) is 0 Å². The van der Waals surface area contributed by atoms with E-state index >= 15 is 0 Å². The molecule has 34 heavy (non-hydrogen) atoms. The van der Waals surface area contributed by atoms with Crippen molar-refractivity contribution in [3.8, 4) is 11.4 Å². The van der Waals surface area contributed by atoms with Gasteiger partial charge in [-0.15, -0.1) is 0 Å². The van der Waals surface area contributed by atoms with Gasteiger partial charge >= 0.3 is 6.09 Å². The van der Waals surface area contributed by atoms with E-state index in [4.69, 9.17) is 24.6 Å². The largest absolute Gasteiger partial charge is 0.444 e. The van der Waals surface area contributed by atoms with Crippen LogP contribution in [0.3, 0.4) is 0 Å². The molecule has 13 heteroatoms. The molecule has 0 aromatic carbocycles. The Labute approximate surface area is 212 Å². The lowest BCUT2D eigenvalue weighted by atomic mass is 10.0. The zero-order chi connectivity index (χ0) is 30.3. The predicted octanol–water partition coefficient (Wildman–Crippen LogP) is 2.10. The molecule has 3 heterocycles. The van der Waals surface area contributed by atoms with Crippen LogP contribution in [0.4, 0.5) is 4.79 Å². The number of halogens is 1. The first-order chi connectivity index (χ1) is 18.2. The van der Waals surface area contributed by atoms with Gasteiger partial charge < -0.3 is 15.0 Å². The lowest BCUT2D eigenvalue weighted by Crippen LogP contribution is -2.52. The van der Waals surface area contributed by atoms with E-state index in [-0.39, 0.29) is 47.4 Å². The molecule has 1 aliphatic rings. The van der Waals surface area contributed by atoms with Gasteiger partial charge in [-0.2, -0.15) is 4.31 Å². The van der Waals surface area contributed by atoms with Crippen LogP contribution < -0.4 is 5.32 Å². The van der Waals surface area contributed by atoms with Gasteiger partial charge in [0.05, 0.1) is 23.6 Å². The van der Waals surface area contributed by atoms with E-state index in [0.29, 0.717) is 0 Å². The Morgan fingerprint density at radius 3 is 2.65 bits per heavy atom. The Bertz CT molecular complexity index is 1400. The minimum Gasteiger partial charge on any atom is -0.444 e. The van der Waals surface area contributed by atoms with Gasteiger partial charge in [0, 0.05) is 34.8 Å². The number of nitrogens with zero attached hydrogens (tertiary/aromatic N) is 5. The van der Waals surface area contributed by atoms with Crippen LogP contribution in [-0.4, -0.2) is 83.0 Å². The molecule has 184 valence electrons. The maximum atomic E-state index is 13.0. The SMILES string of the molecule is [2H]C([2H])([2H])NC(=O)c1cc(-c2cc([C@H]3CN(C(=O)OC(C)(C)C)CCN3S(=O)(=O)C([2H])([2H])[2H])cc(Cl)n2)ncn1. The first kappa shape index (κ1) is 18.5. The van der Waals surface area contributed by atoms with Crippen molar-refractivity contribution in [1.82, 2.24) is 29.5 Å². The van der Waals surface area contributed by atoms with Gasteiger partial charge in [-0.3, -0.25) is 4.79 Å². The van der Waals surface area contributed by atoms with E-state index < -0.39 is 46.8 Å². The summed E-state index contributed by atoms with van der Waals surface area (Å²) in [7, 11) is -4.85. The van der Waals surface area contributed by atoms with E-state index in [2.05, 4.69) is 15.0 Å². The first-order valence-corrected chi connectivity index (χ1v) is 11.8. The number of nitrogens with one attached hydrogen (secondary N) is 1. The number of piperazine rings is 1. The number of sulfonamides is 1. The molecule has 0 unspecified atom stereocenters. The highest BCUT2D eigenvalue weighted by Crippen LogP contribution is 2.32. The van der Waals surface area contributed by atoms with E-state index in [1.165, 1.54) is 17.0 Å². The maximum absolute atomic E-state index is 13.0. The van der Waals surface area contributed by atoms with Crippen LogP contribution in [0.2, 0.25) is 5.15 Å². The Balaban J connectivity index is 2.07. The summed E-state index contributed by atoms with van der Waals surface area (Å²) in [4.78, 5) is 38.3. The van der Waals surface area contributed by atoms with Crippen LogP contribution in [0.1, 0.15) is 51.1 Å². The summed E-state index contributed by atoms with van der Waals surface area (Å²) in [6.45, 7) is 1.51. The second kappa shape index (κ2) is 9.80. The van der Waals surface area contributed by atoms with E-state index in [1.54, 1.807) is 26.1 Å². The molecule has 0 spiro atoms. The number of carbonyl (C=O) groups excluding carboxylic acids is 2. The monoisotopic (exact) mass is 516 g/mol. The molecule has 3 rings (SSSR count). The van der Waals surface area contributed by atoms with Crippen molar-refractivity contribution in [2.75, 3.05) is 32.8 Å². The Hall–Kier alpha value is -2.83. The number of carbonyl (C=O) groups is 2. The molecule has 1 fully saturated rings. The topological polar surface area (TPSA) is 135 Å². The van der Waals surface area contributed by atoms with Crippen LogP contribution in [0.5, 0.6) is 0 Å². The summed E-state index contributed by atoms with van der Waals surface area (Å²) in [5.74, 6) is -0.999.